The minimum Gasteiger partial charge on any atom is -0.451 e. The predicted molar refractivity (Wildman–Crippen MR) is 53.1 cm³/mol. The first-order valence-electron chi connectivity index (χ1n) is 3.58. The molecule has 76 valence electrons. The van der Waals surface area contributed by atoms with Crippen molar-refractivity contribution in [2.24, 2.45) is 0 Å². The molecule has 1 aromatic rings. The van der Waals surface area contributed by atoms with Gasteiger partial charge in [-0.15, -0.1) is 0 Å². The van der Waals surface area contributed by atoms with E-state index in [1.165, 1.54) is 18.2 Å². The molecule has 1 N–H and O–H groups in total. The first-order valence-corrected chi connectivity index (χ1v) is 4.34. The number of hydroxylamine groups is 1. The third-order valence-electron chi connectivity index (χ3n) is 1.50. The van der Waals surface area contributed by atoms with Gasteiger partial charge in [0, 0.05) is 0 Å². The SMILES string of the molecule is COC(=O)N(O)c1ccc(Cl)c(Cl)c1. The number of ether oxygens (including phenoxy) is 1. The number of benzene rings is 1. The smallest absolute Gasteiger partial charge is 0.438 e. The minimum atomic E-state index is -0.900. The summed E-state index contributed by atoms with van der Waals surface area (Å²) in [5.41, 5.74) is 0.186. The van der Waals surface area contributed by atoms with Gasteiger partial charge in [0.15, 0.2) is 0 Å². The number of hydrogen-bond acceptors (Lipinski definition) is 3. The predicted octanol–water partition coefficient (Wildman–Crippen LogP) is 2.96. The average Bonchev–Trinajstić information content (AvgIpc) is 2.20. The fraction of sp³-hybridized carbons (Fsp3) is 0.125. The lowest BCUT2D eigenvalue weighted by Gasteiger charge is -2.13. The van der Waals surface area contributed by atoms with Crippen LogP contribution in [0.15, 0.2) is 18.2 Å². The molecule has 0 atom stereocenters. The number of nitrogens with zero attached hydrogens (tertiary/aromatic N) is 1. The van der Waals surface area contributed by atoms with Gasteiger partial charge in [0.05, 0.1) is 22.8 Å². The molecule has 0 heterocycles. The summed E-state index contributed by atoms with van der Waals surface area (Å²) in [6, 6.07) is 4.25. The maximum atomic E-state index is 10.9. The Morgan fingerprint density at radius 2 is 2.07 bits per heavy atom. The highest BCUT2D eigenvalue weighted by molar-refractivity contribution is 6.42. The van der Waals surface area contributed by atoms with Crippen LogP contribution in [0.5, 0.6) is 0 Å². The van der Waals surface area contributed by atoms with Crippen molar-refractivity contribution >= 4 is 35.0 Å². The highest BCUT2D eigenvalue weighted by Crippen LogP contribution is 2.26. The number of anilines is 1. The zero-order chi connectivity index (χ0) is 10.7. The summed E-state index contributed by atoms with van der Waals surface area (Å²) in [4.78, 5) is 10.9. The van der Waals surface area contributed by atoms with Gasteiger partial charge in [-0.2, -0.15) is 5.06 Å². The summed E-state index contributed by atoms with van der Waals surface area (Å²) in [6.45, 7) is 0. The normalized spacial score (nSPS) is 9.71. The average molecular weight is 236 g/mol. The monoisotopic (exact) mass is 235 g/mol. The fourth-order valence-corrected chi connectivity index (χ4v) is 1.10. The van der Waals surface area contributed by atoms with Crippen molar-refractivity contribution in [3.63, 3.8) is 0 Å². The number of carbonyl (C=O) groups excluding carboxylic acids is 1. The van der Waals surface area contributed by atoms with Crippen LogP contribution in [0, 0.1) is 0 Å². The van der Waals surface area contributed by atoms with Crippen LogP contribution in [0.1, 0.15) is 0 Å². The fourth-order valence-electron chi connectivity index (χ4n) is 0.809. The van der Waals surface area contributed by atoms with Crippen LogP contribution in [0.3, 0.4) is 0 Å². The van der Waals surface area contributed by atoms with Crippen molar-refractivity contribution < 1.29 is 14.7 Å². The highest BCUT2D eigenvalue weighted by Gasteiger charge is 2.13. The van der Waals surface area contributed by atoms with Gasteiger partial charge in [-0.3, -0.25) is 5.21 Å². The molecule has 14 heavy (non-hydrogen) atoms. The second-order valence-corrected chi connectivity index (χ2v) is 3.19. The molecule has 1 amide bonds. The van der Waals surface area contributed by atoms with Crippen molar-refractivity contribution in [1.82, 2.24) is 0 Å². The molecule has 1 aromatic carbocycles. The summed E-state index contributed by atoms with van der Waals surface area (Å²) in [7, 11) is 1.16. The van der Waals surface area contributed by atoms with E-state index in [2.05, 4.69) is 4.74 Å². The molecule has 0 aliphatic heterocycles. The standard InChI is InChI=1S/C8H7Cl2NO3/c1-14-8(12)11(13)5-2-3-6(9)7(10)4-5/h2-4,13H,1H3. The number of methoxy groups -OCH3 is 1. The molecular formula is C8H7Cl2NO3. The largest absolute Gasteiger partial charge is 0.451 e. The van der Waals surface area contributed by atoms with E-state index >= 15 is 0 Å². The van der Waals surface area contributed by atoms with Crippen molar-refractivity contribution in [3.8, 4) is 0 Å². The summed E-state index contributed by atoms with van der Waals surface area (Å²) >= 11 is 11.3. The third-order valence-corrected chi connectivity index (χ3v) is 2.23. The van der Waals surface area contributed by atoms with Crippen molar-refractivity contribution in [3.05, 3.63) is 28.2 Å². The van der Waals surface area contributed by atoms with E-state index in [0.29, 0.717) is 10.1 Å². The molecule has 0 aliphatic carbocycles. The van der Waals surface area contributed by atoms with Gasteiger partial charge in [0.1, 0.15) is 0 Å². The Hall–Kier alpha value is -0.970. The summed E-state index contributed by atoms with van der Waals surface area (Å²) in [5, 5.41) is 10.2. The second-order valence-electron chi connectivity index (χ2n) is 2.38. The Labute approximate surface area is 90.6 Å². The molecule has 0 saturated carbocycles. The van der Waals surface area contributed by atoms with E-state index in [0.717, 1.165) is 7.11 Å². The van der Waals surface area contributed by atoms with E-state index in [1.807, 2.05) is 0 Å². The van der Waals surface area contributed by atoms with E-state index in [1.54, 1.807) is 0 Å². The Morgan fingerprint density at radius 3 is 2.57 bits per heavy atom. The van der Waals surface area contributed by atoms with Gasteiger partial charge >= 0.3 is 6.09 Å². The number of halogens is 2. The van der Waals surface area contributed by atoms with Crippen molar-refractivity contribution in [1.29, 1.82) is 0 Å². The Kier molecular flexibility index (Phi) is 3.57. The maximum Gasteiger partial charge on any atom is 0.438 e. The van der Waals surface area contributed by atoms with E-state index in [-0.39, 0.29) is 10.7 Å². The van der Waals surface area contributed by atoms with Crippen LogP contribution in [0.2, 0.25) is 10.0 Å². The van der Waals surface area contributed by atoms with Gasteiger partial charge in [-0.05, 0) is 18.2 Å². The number of carbonyl (C=O) groups is 1. The first kappa shape index (κ1) is 11.1. The molecule has 0 unspecified atom stereocenters. The van der Waals surface area contributed by atoms with Crippen molar-refractivity contribution in [2.75, 3.05) is 12.2 Å². The molecule has 0 bridgehead atoms. The molecule has 1 rings (SSSR count). The summed E-state index contributed by atoms with van der Waals surface area (Å²) in [6.07, 6.45) is -0.900. The maximum absolute atomic E-state index is 10.9. The number of rotatable bonds is 1. The van der Waals surface area contributed by atoms with Gasteiger partial charge in [-0.1, -0.05) is 23.2 Å². The summed E-state index contributed by atoms with van der Waals surface area (Å²) < 4.78 is 4.30. The van der Waals surface area contributed by atoms with Crippen LogP contribution in [-0.4, -0.2) is 18.4 Å². The molecule has 4 nitrogen and oxygen atoms in total. The van der Waals surface area contributed by atoms with E-state index in [9.17, 15) is 10.0 Å². The molecule has 0 radical (unpaired) electrons. The number of amides is 1. The quantitative estimate of drug-likeness (QED) is 0.602. The summed E-state index contributed by atoms with van der Waals surface area (Å²) in [5.74, 6) is 0. The Bertz CT molecular complexity index is 356. The molecule has 0 saturated heterocycles. The number of hydrogen-bond donors (Lipinski definition) is 1. The lowest BCUT2D eigenvalue weighted by Crippen LogP contribution is -2.26. The van der Waals surface area contributed by atoms with Crippen LogP contribution >= 0.6 is 23.2 Å². The minimum absolute atomic E-state index is 0.186. The van der Waals surface area contributed by atoms with E-state index < -0.39 is 6.09 Å². The molecule has 0 fully saturated rings. The lowest BCUT2D eigenvalue weighted by molar-refractivity contribution is 0.141. The van der Waals surface area contributed by atoms with Gasteiger partial charge in [-0.25, -0.2) is 4.79 Å². The first-order chi connectivity index (χ1) is 6.56. The van der Waals surface area contributed by atoms with Crippen LogP contribution in [0.4, 0.5) is 10.5 Å². The van der Waals surface area contributed by atoms with Crippen molar-refractivity contribution in [2.45, 2.75) is 0 Å². The van der Waals surface area contributed by atoms with Gasteiger partial charge in [0.25, 0.3) is 0 Å². The van der Waals surface area contributed by atoms with Crippen LogP contribution < -0.4 is 5.06 Å². The zero-order valence-electron chi connectivity index (χ0n) is 7.20. The van der Waals surface area contributed by atoms with Gasteiger partial charge in [0.2, 0.25) is 0 Å². The van der Waals surface area contributed by atoms with Gasteiger partial charge < -0.3 is 4.74 Å². The Balaban J connectivity index is 2.96. The topological polar surface area (TPSA) is 49.8 Å². The molecule has 6 heteroatoms. The zero-order valence-corrected chi connectivity index (χ0v) is 8.71. The third kappa shape index (κ3) is 2.29. The molecule has 0 aromatic heterocycles. The Morgan fingerprint density at radius 1 is 1.43 bits per heavy atom. The molecule has 0 spiro atoms. The molecular weight excluding hydrogens is 229 g/mol. The van der Waals surface area contributed by atoms with E-state index in [4.69, 9.17) is 23.2 Å². The molecule has 0 aliphatic rings. The van der Waals surface area contributed by atoms with Crippen LogP contribution in [0.25, 0.3) is 0 Å². The highest BCUT2D eigenvalue weighted by atomic mass is 35.5. The van der Waals surface area contributed by atoms with Crippen LogP contribution in [-0.2, 0) is 4.74 Å². The lowest BCUT2D eigenvalue weighted by atomic mass is 10.3. The second kappa shape index (κ2) is 4.50.